The molecule has 0 unspecified atom stereocenters. The molecular weight excluding hydrogens is 282 g/mol. The molecule has 1 aliphatic heterocycles. The van der Waals surface area contributed by atoms with Gasteiger partial charge in [-0.3, -0.25) is 19.3 Å². The molecule has 1 N–H and O–H groups in total. The Kier molecular flexibility index (Phi) is 6.35. The van der Waals surface area contributed by atoms with Crippen LogP contribution in [0.15, 0.2) is 12.3 Å². The van der Waals surface area contributed by atoms with Crippen molar-refractivity contribution in [2.75, 3.05) is 51.2 Å². The summed E-state index contributed by atoms with van der Waals surface area (Å²) in [6.45, 7) is 10.1. The molecule has 0 aromatic carbocycles. The van der Waals surface area contributed by atoms with E-state index in [9.17, 15) is 4.79 Å². The van der Waals surface area contributed by atoms with Crippen molar-refractivity contribution in [3.63, 3.8) is 0 Å². The second-order valence-electron chi connectivity index (χ2n) is 5.96. The summed E-state index contributed by atoms with van der Waals surface area (Å²) >= 11 is 0. The average molecular weight is 309 g/mol. The fourth-order valence-corrected chi connectivity index (χ4v) is 2.46. The van der Waals surface area contributed by atoms with Crippen LogP contribution in [0, 0.1) is 0 Å². The minimum atomic E-state index is -0.00436. The number of carbonyl (C=O) groups excluding carboxylic acids is 1. The van der Waals surface area contributed by atoms with Gasteiger partial charge in [-0.25, -0.2) is 0 Å². The lowest BCUT2D eigenvalue weighted by Gasteiger charge is -2.34. The molecule has 22 heavy (non-hydrogen) atoms. The second-order valence-corrected chi connectivity index (χ2v) is 5.96. The lowest BCUT2D eigenvalue weighted by atomic mass is 10.3. The first-order valence-corrected chi connectivity index (χ1v) is 7.89. The van der Waals surface area contributed by atoms with Crippen molar-refractivity contribution >= 4 is 11.7 Å². The van der Waals surface area contributed by atoms with Crippen LogP contribution in [0.2, 0.25) is 0 Å². The van der Waals surface area contributed by atoms with Crippen LogP contribution in [0.25, 0.3) is 0 Å². The summed E-state index contributed by atoms with van der Waals surface area (Å²) in [5.74, 6) is 0.604. The Morgan fingerprint density at radius 2 is 2.00 bits per heavy atom. The minimum Gasteiger partial charge on any atom is -0.377 e. The van der Waals surface area contributed by atoms with Gasteiger partial charge in [-0.2, -0.15) is 5.10 Å². The molecule has 1 amide bonds. The van der Waals surface area contributed by atoms with Gasteiger partial charge in [-0.15, -0.1) is 0 Å². The van der Waals surface area contributed by atoms with Crippen LogP contribution in [-0.2, 0) is 16.6 Å². The first-order valence-electron chi connectivity index (χ1n) is 7.89. The third-order valence-corrected chi connectivity index (χ3v) is 3.67. The average Bonchev–Trinajstić information content (AvgIpc) is 2.85. The smallest absolute Gasteiger partial charge is 0.239 e. The Labute approximate surface area is 132 Å². The third-order valence-electron chi connectivity index (χ3n) is 3.67. The van der Waals surface area contributed by atoms with Crippen molar-refractivity contribution in [1.29, 1.82) is 0 Å². The summed E-state index contributed by atoms with van der Waals surface area (Å²) in [5.41, 5.74) is 0. The van der Waals surface area contributed by atoms with Gasteiger partial charge in [0.15, 0.2) is 5.82 Å². The van der Waals surface area contributed by atoms with E-state index < -0.39 is 0 Å². The predicted octanol–water partition coefficient (Wildman–Crippen LogP) is 0.401. The molecule has 7 heteroatoms. The molecule has 0 saturated carbocycles. The molecule has 124 valence electrons. The van der Waals surface area contributed by atoms with Crippen LogP contribution in [0.1, 0.15) is 13.8 Å². The van der Waals surface area contributed by atoms with Crippen molar-refractivity contribution in [1.82, 2.24) is 19.6 Å². The molecule has 0 aliphatic carbocycles. The zero-order valence-corrected chi connectivity index (χ0v) is 13.8. The van der Waals surface area contributed by atoms with Crippen molar-refractivity contribution < 1.29 is 9.53 Å². The van der Waals surface area contributed by atoms with E-state index >= 15 is 0 Å². The zero-order chi connectivity index (χ0) is 15.9. The third kappa shape index (κ3) is 5.75. The maximum Gasteiger partial charge on any atom is 0.239 e. The number of carbonyl (C=O) groups is 1. The summed E-state index contributed by atoms with van der Waals surface area (Å²) in [6, 6.07) is 1.80. The maximum atomic E-state index is 12.0. The molecule has 0 radical (unpaired) electrons. The van der Waals surface area contributed by atoms with Crippen LogP contribution in [0.5, 0.6) is 0 Å². The monoisotopic (exact) mass is 309 g/mol. The summed E-state index contributed by atoms with van der Waals surface area (Å²) in [5, 5.41) is 6.97. The summed E-state index contributed by atoms with van der Waals surface area (Å²) < 4.78 is 7.25. The van der Waals surface area contributed by atoms with Crippen molar-refractivity contribution in [2.24, 2.45) is 7.05 Å². The van der Waals surface area contributed by atoms with E-state index in [1.165, 1.54) is 0 Å². The van der Waals surface area contributed by atoms with Gasteiger partial charge in [0.1, 0.15) is 0 Å². The highest BCUT2D eigenvalue weighted by molar-refractivity contribution is 5.91. The predicted molar refractivity (Wildman–Crippen MR) is 85.8 cm³/mol. The Hall–Kier alpha value is -1.44. The van der Waals surface area contributed by atoms with Gasteiger partial charge in [0.25, 0.3) is 0 Å². The number of anilines is 1. The van der Waals surface area contributed by atoms with Gasteiger partial charge in [0.2, 0.25) is 5.91 Å². The van der Waals surface area contributed by atoms with Crippen molar-refractivity contribution in [3.8, 4) is 0 Å². The summed E-state index contributed by atoms with van der Waals surface area (Å²) in [6.07, 6.45) is 2.10. The number of aryl methyl sites for hydroxylation is 1. The number of hydrogen-bond acceptors (Lipinski definition) is 5. The lowest BCUT2D eigenvalue weighted by Crippen LogP contribution is -2.49. The molecule has 7 nitrogen and oxygen atoms in total. The Balaban J connectivity index is 1.63. The van der Waals surface area contributed by atoms with Gasteiger partial charge in [-0.05, 0) is 13.8 Å². The number of aromatic nitrogens is 2. The highest BCUT2D eigenvalue weighted by Crippen LogP contribution is 2.04. The van der Waals surface area contributed by atoms with E-state index in [-0.39, 0.29) is 12.0 Å². The number of amides is 1. The molecule has 0 spiro atoms. The Morgan fingerprint density at radius 1 is 1.32 bits per heavy atom. The van der Waals surface area contributed by atoms with Crippen LogP contribution >= 0.6 is 0 Å². The largest absolute Gasteiger partial charge is 0.377 e. The van der Waals surface area contributed by atoms with Crippen LogP contribution in [-0.4, -0.2) is 77.5 Å². The molecule has 0 atom stereocenters. The van der Waals surface area contributed by atoms with Gasteiger partial charge in [0.05, 0.1) is 19.3 Å². The maximum absolute atomic E-state index is 12.0. The summed E-state index contributed by atoms with van der Waals surface area (Å²) in [7, 11) is 1.83. The van der Waals surface area contributed by atoms with Crippen LogP contribution < -0.4 is 5.32 Å². The van der Waals surface area contributed by atoms with Gasteiger partial charge >= 0.3 is 0 Å². The molecule has 2 rings (SSSR count). The molecule has 0 bridgehead atoms. The van der Waals surface area contributed by atoms with E-state index in [0.717, 1.165) is 39.3 Å². The quantitative estimate of drug-likeness (QED) is 0.790. The normalized spacial score (nSPS) is 17.1. The number of rotatable bonds is 7. The van der Waals surface area contributed by atoms with Gasteiger partial charge in [0, 0.05) is 52.0 Å². The van der Waals surface area contributed by atoms with E-state index in [1.54, 1.807) is 10.7 Å². The fourth-order valence-electron chi connectivity index (χ4n) is 2.46. The van der Waals surface area contributed by atoms with Crippen LogP contribution in [0.3, 0.4) is 0 Å². The second kappa shape index (κ2) is 8.26. The number of nitrogens with zero attached hydrogens (tertiary/aromatic N) is 4. The fraction of sp³-hybridized carbons (Fsp3) is 0.733. The van der Waals surface area contributed by atoms with Crippen molar-refractivity contribution in [2.45, 2.75) is 20.0 Å². The van der Waals surface area contributed by atoms with E-state index in [0.29, 0.717) is 12.4 Å². The van der Waals surface area contributed by atoms with Gasteiger partial charge < -0.3 is 10.1 Å². The van der Waals surface area contributed by atoms with Crippen LogP contribution in [0.4, 0.5) is 5.82 Å². The van der Waals surface area contributed by atoms with E-state index in [2.05, 4.69) is 34.1 Å². The molecule has 1 aromatic rings. The number of ether oxygens (including phenoxy) is 1. The van der Waals surface area contributed by atoms with E-state index in [1.807, 2.05) is 13.2 Å². The highest BCUT2D eigenvalue weighted by atomic mass is 16.5. The zero-order valence-electron chi connectivity index (χ0n) is 13.8. The molecule has 1 saturated heterocycles. The molecular formula is C15H27N5O2. The van der Waals surface area contributed by atoms with E-state index in [4.69, 9.17) is 4.74 Å². The number of piperazine rings is 1. The Bertz CT molecular complexity index is 466. The van der Waals surface area contributed by atoms with Gasteiger partial charge in [-0.1, -0.05) is 0 Å². The number of nitrogens with one attached hydrogen (secondary N) is 1. The highest BCUT2D eigenvalue weighted by Gasteiger charge is 2.19. The molecule has 2 heterocycles. The lowest BCUT2D eigenvalue weighted by molar-refractivity contribution is -0.117. The molecule has 1 fully saturated rings. The first-order chi connectivity index (χ1) is 10.5. The topological polar surface area (TPSA) is 62.6 Å². The Morgan fingerprint density at radius 3 is 2.59 bits per heavy atom. The standard InChI is InChI=1S/C15H27N5O2/c1-13(2)22-11-10-19-6-8-20(9-7-19)12-15(21)16-14-4-5-18(3)17-14/h4-5,13H,6-12H2,1-3H3,(H,16,17,21). The SMILES string of the molecule is CC(C)OCCN1CCN(CC(=O)Nc2ccn(C)n2)CC1. The minimum absolute atomic E-state index is 0.00436. The molecule has 1 aliphatic rings. The van der Waals surface area contributed by atoms with Crippen molar-refractivity contribution in [3.05, 3.63) is 12.3 Å². The number of hydrogen-bond donors (Lipinski definition) is 1. The summed E-state index contributed by atoms with van der Waals surface area (Å²) in [4.78, 5) is 16.5. The molecule has 1 aromatic heterocycles. The first kappa shape index (κ1) is 16.9.